The molecule has 0 aliphatic heterocycles. The van der Waals surface area contributed by atoms with Crippen LogP contribution in [0.1, 0.15) is 11.1 Å². The van der Waals surface area contributed by atoms with Gasteiger partial charge in [-0.15, -0.1) is 0 Å². The van der Waals surface area contributed by atoms with Gasteiger partial charge in [-0.2, -0.15) is 0 Å². The quantitative estimate of drug-likeness (QED) is 0.795. The third-order valence-electron chi connectivity index (χ3n) is 2.21. The number of hydrogen-bond donors (Lipinski definition) is 0. The summed E-state index contributed by atoms with van der Waals surface area (Å²) in [5, 5.41) is 0.827. The molecule has 0 N–H and O–H groups in total. The van der Waals surface area contributed by atoms with E-state index in [4.69, 9.17) is 11.6 Å². The van der Waals surface area contributed by atoms with Crippen molar-refractivity contribution in [1.29, 1.82) is 0 Å². The second kappa shape index (κ2) is 5.01. The van der Waals surface area contributed by atoms with E-state index in [1.807, 2.05) is 24.3 Å². The maximum atomic E-state index is 6.16. The normalized spacial score (nSPS) is 10.1. The summed E-state index contributed by atoms with van der Waals surface area (Å²) in [6.07, 6.45) is 0. The fraction of sp³-hybridized carbons (Fsp3) is 0. The van der Waals surface area contributed by atoms with E-state index in [2.05, 4.69) is 30.3 Å². The summed E-state index contributed by atoms with van der Waals surface area (Å²) in [5.74, 6) is 0. The molecule has 0 nitrogen and oxygen atoms in total. The number of rotatable bonds is 2. The van der Waals surface area contributed by atoms with Crippen LogP contribution in [0.25, 0.3) is 0 Å². The van der Waals surface area contributed by atoms with Crippen molar-refractivity contribution in [3.63, 3.8) is 0 Å². The van der Waals surface area contributed by atoms with Gasteiger partial charge in [0, 0.05) is 0 Å². The summed E-state index contributed by atoms with van der Waals surface area (Å²) in [4.78, 5) is 0. The molecular formula is C13H9ClZr+2. The van der Waals surface area contributed by atoms with Gasteiger partial charge in [-0.1, -0.05) is 0 Å². The molecule has 2 heteroatoms. The first-order chi connectivity index (χ1) is 7.29. The van der Waals surface area contributed by atoms with Crippen molar-refractivity contribution in [1.82, 2.24) is 0 Å². The van der Waals surface area contributed by atoms with Crippen molar-refractivity contribution in [2.45, 2.75) is 0 Å². The van der Waals surface area contributed by atoms with Crippen LogP contribution in [0.5, 0.6) is 0 Å². The summed E-state index contributed by atoms with van der Waals surface area (Å²) in [5.41, 5.74) is 2.40. The van der Waals surface area contributed by atoms with E-state index in [0.717, 1.165) is 10.6 Å². The Morgan fingerprint density at radius 1 is 0.867 bits per heavy atom. The first kappa shape index (κ1) is 11.0. The number of hydrogen-bond acceptors (Lipinski definition) is 0. The SMILES string of the molecule is Clc1ccccc1[C](=[Zr+2])c1ccccc1. The second-order valence-corrected chi connectivity index (χ2v) is 4.86. The molecule has 0 amide bonds. The molecule has 0 radical (unpaired) electrons. The van der Waals surface area contributed by atoms with Crippen molar-refractivity contribution in [3.05, 3.63) is 70.7 Å². The average molecular weight is 292 g/mol. The predicted octanol–water partition coefficient (Wildman–Crippen LogP) is 3.46. The fourth-order valence-electron chi connectivity index (χ4n) is 1.42. The van der Waals surface area contributed by atoms with Gasteiger partial charge in [0.1, 0.15) is 0 Å². The molecule has 0 bridgehead atoms. The van der Waals surface area contributed by atoms with Crippen LogP contribution in [0, 0.1) is 0 Å². The van der Waals surface area contributed by atoms with E-state index in [9.17, 15) is 0 Å². The molecule has 0 heterocycles. The van der Waals surface area contributed by atoms with E-state index in [0.29, 0.717) is 0 Å². The van der Waals surface area contributed by atoms with Crippen molar-refractivity contribution in [3.8, 4) is 0 Å². The zero-order valence-corrected chi connectivity index (χ0v) is 11.3. The van der Waals surface area contributed by atoms with Gasteiger partial charge in [-0.05, 0) is 0 Å². The molecule has 0 aliphatic rings. The maximum absolute atomic E-state index is 6.16. The topological polar surface area (TPSA) is 0 Å². The van der Waals surface area contributed by atoms with E-state index in [1.54, 1.807) is 0 Å². The van der Waals surface area contributed by atoms with Crippen LogP contribution in [0.3, 0.4) is 0 Å². The van der Waals surface area contributed by atoms with Crippen molar-refractivity contribution in [2.24, 2.45) is 0 Å². The summed E-state index contributed by atoms with van der Waals surface area (Å²) >= 11 is 7.54. The van der Waals surface area contributed by atoms with Crippen LogP contribution >= 0.6 is 11.6 Å². The molecule has 2 rings (SSSR count). The minimum atomic E-state index is 0.827. The van der Waals surface area contributed by atoms with Crippen molar-refractivity contribution < 1.29 is 24.2 Å². The van der Waals surface area contributed by atoms with Crippen LogP contribution in [-0.2, 0) is 24.2 Å². The van der Waals surface area contributed by atoms with Gasteiger partial charge >= 0.3 is 110 Å². The van der Waals surface area contributed by atoms with E-state index < -0.39 is 0 Å². The number of benzene rings is 2. The first-order valence-corrected chi connectivity index (χ1v) is 6.28. The molecule has 2 aromatic carbocycles. The van der Waals surface area contributed by atoms with Gasteiger partial charge in [-0.25, -0.2) is 0 Å². The molecule has 0 saturated carbocycles. The van der Waals surface area contributed by atoms with Gasteiger partial charge < -0.3 is 0 Å². The Kier molecular flexibility index (Phi) is 3.67. The molecule has 0 saturated heterocycles. The summed E-state index contributed by atoms with van der Waals surface area (Å²) < 4.78 is 1.30. The van der Waals surface area contributed by atoms with Gasteiger partial charge in [-0.3, -0.25) is 0 Å². The van der Waals surface area contributed by atoms with Gasteiger partial charge in [0.05, 0.1) is 0 Å². The molecule has 15 heavy (non-hydrogen) atoms. The van der Waals surface area contributed by atoms with Crippen molar-refractivity contribution in [2.75, 3.05) is 0 Å². The molecule has 0 fully saturated rings. The van der Waals surface area contributed by atoms with Crippen molar-refractivity contribution >= 4 is 14.8 Å². The Bertz CT molecular complexity index is 477. The third kappa shape index (κ3) is 2.53. The van der Waals surface area contributed by atoms with Gasteiger partial charge in [0.2, 0.25) is 0 Å². The third-order valence-corrected chi connectivity index (χ3v) is 3.91. The molecule has 2 aromatic rings. The molecule has 70 valence electrons. The molecule has 0 atom stereocenters. The fourth-order valence-corrected chi connectivity index (χ4v) is 2.79. The summed E-state index contributed by atoms with van der Waals surface area (Å²) in [6.45, 7) is 0. The zero-order chi connectivity index (χ0) is 10.7. The number of halogens is 1. The van der Waals surface area contributed by atoms with Crippen LogP contribution in [0.4, 0.5) is 0 Å². The molecule has 0 aromatic heterocycles. The second-order valence-electron chi connectivity index (χ2n) is 3.22. The first-order valence-electron chi connectivity index (χ1n) is 4.68. The minimum absolute atomic E-state index is 0.827. The van der Waals surface area contributed by atoms with E-state index in [-0.39, 0.29) is 0 Å². The summed E-state index contributed by atoms with van der Waals surface area (Å²) in [7, 11) is 0. The molecule has 0 aliphatic carbocycles. The monoisotopic (exact) mass is 290 g/mol. The van der Waals surface area contributed by atoms with E-state index in [1.165, 1.54) is 33.0 Å². The van der Waals surface area contributed by atoms with Crippen LogP contribution in [0.2, 0.25) is 5.02 Å². The Balaban J connectivity index is 2.42. The Labute approximate surface area is 109 Å². The average Bonchev–Trinajstić information content (AvgIpc) is 2.30. The van der Waals surface area contributed by atoms with Gasteiger partial charge in [0.25, 0.3) is 0 Å². The Morgan fingerprint density at radius 2 is 1.47 bits per heavy atom. The molecular weight excluding hydrogens is 283 g/mol. The zero-order valence-electron chi connectivity index (χ0n) is 8.07. The standard InChI is InChI=1S/C13H9Cl.Zr/c14-13-9-5-4-8-12(13)10-11-6-2-1-3-7-11;/h1-9H;/q;+2. The molecule has 0 unspecified atom stereocenters. The Hall–Kier alpha value is -0.517. The predicted molar refractivity (Wildman–Crippen MR) is 61.1 cm³/mol. The van der Waals surface area contributed by atoms with Crippen LogP contribution < -0.4 is 0 Å². The van der Waals surface area contributed by atoms with Crippen LogP contribution in [-0.4, -0.2) is 3.21 Å². The van der Waals surface area contributed by atoms with E-state index >= 15 is 0 Å². The summed E-state index contributed by atoms with van der Waals surface area (Å²) in [6, 6.07) is 18.4. The molecule has 0 spiro atoms. The Morgan fingerprint density at radius 3 is 2.13 bits per heavy atom. The van der Waals surface area contributed by atoms with Gasteiger partial charge in [0.15, 0.2) is 0 Å². The van der Waals surface area contributed by atoms with Crippen LogP contribution in [0.15, 0.2) is 54.6 Å².